The van der Waals surface area contributed by atoms with Crippen LogP contribution in [0.2, 0.25) is 5.15 Å². The molecule has 17 heavy (non-hydrogen) atoms. The minimum Gasteiger partial charge on any atom is -0.378 e. The van der Waals surface area contributed by atoms with Crippen molar-refractivity contribution >= 4 is 11.6 Å². The lowest BCUT2D eigenvalue weighted by molar-refractivity contribution is -0.122. The van der Waals surface area contributed by atoms with Crippen LogP contribution >= 0.6 is 11.6 Å². The maximum Gasteiger partial charge on any atom is 0.129 e. The van der Waals surface area contributed by atoms with Gasteiger partial charge in [-0.05, 0) is 11.6 Å². The first kappa shape index (κ1) is 11.4. The summed E-state index contributed by atoms with van der Waals surface area (Å²) in [5.41, 5.74) is 1.20. The number of halogens is 1. The lowest BCUT2D eigenvalue weighted by atomic mass is 9.72. The van der Waals surface area contributed by atoms with Crippen LogP contribution in [0.15, 0.2) is 12.1 Å². The van der Waals surface area contributed by atoms with Crippen molar-refractivity contribution in [3.8, 4) is 0 Å². The van der Waals surface area contributed by atoms with Crippen molar-refractivity contribution in [1.29, 1.82) is 0 Å². The van der Waals surface area contributed by atoms with Crippen LogP contribution in [0.4, 0.5) is 0 Å². The quantitative estimate of drug-likeness (QED) is 0.683. The van der Waals surface area contributed by atoms with E-state index in [4.69, 9.17) is 16.3 Å². The number of hydrogen-bond acceptors (Lipinski definition) is 4. The summed E-state index contributed by atoms with van der Waals surface area (Å²) in [4.78, 5) is 4.40. The Morgan fingerprint density at radius 1 is 1.47 bits per heavy atom. The molecule has 4 nitrogen and oxygen atoms in total. The van der Waals surface area contributed by atoms with Crippen molar-refractivity contribution in [1.82, 2.24) is 10.3 Å². The average Bonchev–Trinajstić information content (AvgIpc) is 2.22. The van der Waals surface area contributed by atoms with Gasteiger partial charge in [-0.1, -0.05) is 31.5 Å². The first-order chi connectivity index (χ1) is 7.96. The second kappa shape index (κ2) is 3.42. The van der Waals surface area contributed by atoms with Gasteiger partial charge in [-0.3, -0.25) is 5.32 Å². The zero-order valence-corrected chi connectivity index (χ0v) is 10.6. The van der Waals surface area contributed by atoms with E-state index in [0.29, 0.717) is 18.4 Å². The van der Waals surface area contributed by atoms with Gasteiger partial charge in [-0.25, -0.2) is 4.98 Å². The Balaban J connectivity index is 2.20. The van der Waals surface area contributed by atoms with Gasteiger partial charge in [0.05, 0.1) is 24.4 Å². The van der Waals surface area contributed by atoms with Crippen LogP contribution < -0.4 is 5.32 Å². The molecule has 0 aliphatic carbocycles. The Hall–Kier alpha value is -0.680. The van der Waals surface area contributed by atoms with Gasteiger partial charge in [-0.2, -0.15) is 0 Å². The fourth-order valence-corrected chi connectivity index (χ4v) is 2.65. The molecule has 2 N–H and O–H groups in total. The highest BCUT2D eigenvalue weighted by molar-refractivity contribution is 6.29. The Labute approximate surface area is 105 Å². The number of pyridine rings is 1. The SMILES string of the molecule is CC1(C)c2nc(Cl)ccc2C2(COC2)NC1O. The molecular formula is C12H15ClN2O2. The standard InChI is InChI=1S/C12H15ClN2O2/c1-11(2)9-7(3-4-8(13)14-9)12(5-17-6-12)15-10(11)16/h3-4,10,15-16H,5-6H2,1-2H3. The largest absolute Gasteiger partial charge is 0.378 e. The van der Waals surface area contributed by atoms with Crippen LogP contribution in [0, 0.1) is 0 Å². The Kier molecular flexibility index (Phi) is 2.29. The molecule has 2 aliphatic heterocycles. The summed E-state index contributed by atoms with van der Waals surface area (Å²) in [6.07, 6.45) is -0.648. The Morgan fingerprint density at radius 2 is 2.18 bits per heavy atom. The van der Waals surface area contributed by atoms with Gasteiger partial charge in [-0.15, -0.1) is 0 Å². The molecule has 2 aliphatic rings. The number of fused-ring (bicyclic) bond motifs is 2. The van der Waals surface area contributed by atoms with Crippen LogP contribution in [-0.2, 0) is 15.7 Å². The maximum absolute atomic E-state index is 10.2. The summed E-state index contributed by atoms with van der Waals surface area (Å²) >= 11 is 5.96. The highest BCUT2D eigenvalue weighted by atomic mass is 35.5. The molecule has 0 aromatic carbocycles. The number of nitrogens with zero attached hydrogens (tertiary/aromatic N) is 1. The van der Waals surface area contributed by atoms with Gasteiger partial charge >= 0.3 is 0 Å². The third-order valence-electron chi connectivity index (χ3n) is 3.78. The average molecular weight is 255 g/mol. The number of rotatable bonds is 0. The topological polar surface area (TPSA) is 54.4 Å². The van der Waals surface area contributed by atoms with Crippen molar-refractivity contribution in [2.24, 2.45) is 0 Å². The summed E-state index contributed by atoms with van der Waals surface area (Å²) in [7, 11) is 0. The monoisotopic (exact) mass is 254 g/mol. The third-order valence-corrected chi connectivity index (χ3v) is 3.99. The van der Waals surface area contributed by atoms with E-state index in [1.54, 1.807) is 6.07 Å². The van der Waals surface area contributed by atoms with Crippen LogP contribution in [-0.4, -0.2) is 29.5 Å². The number of aliphatic hydroxyl groups is 1. The minimum absolute atomic E-state index is 0.290. The van der Waals surface area contributed by atoms with E-state index >= 15 is 0 Å². The molecule has 5 heteroatoms. The summed E-state index contributed by atoms with van der Waals surface area (Å²) in [5.74, 6) is 0. The predicted molar refractivity (Wildman–Crippen MR) is 63.9 cm³/mol. The van der Waals surface area contributed by atoms with Gasteiger partial charge in [0, 0.05) is 5.41 Å². The molecule has 92 valence electrons. The van der Waals surface area contributed by atoms with E-state index in [2.05, 4.69) is 10.3 Å². The smallest absolute Gasteiger partial charge is 0.129 e. The number of nitrogens with one attached hydrogen (secondary N) is 1. The Morgan fingerprint density at radius 3 is 2.76 bits per heavy atom. The highest BCUT2D eigenvalue weighted by Gasteiger charge is 2.52. The number of ether oxygens (including phenoxy) is 1. The van der Waals surface area contributed by atoms with Crippen LogP contribution in [0.25, 0.3) is 0 Å². The number of aliphatic hydroxyl groups excluding tert-OH is 1. The zero-order chi connectivity index (χ0) is 12.3. The van der Waals surface area contributed by atoms with E-state index in [-0.39, 0.29) is 5.54 Å². The molecular weight excluding hydrogens is 240 g/mol. The first-order valence-corrected chi connectivity index (χ1v) is 6.04. The number of hydrogen-bond donors (Lipinski definition) is 2. The van der Waals surface area contributed by atoms with E-state index in [1.807, 2.05) is 19.9 Å². The Bertz CT molecular complexity index is 472. The van der Waals surface area contributed by atoms with Gasteiger partial charge in [0.1, 0.15) is 11.4 Å². The lowest BCUT2D eigenvalue weighted by Gasteiger charge is -2.52. The molecule has 1 saturated heterocycles. The molecule has 1 atom stereocenters. The molecule has 0 saturated carbocycles. The molecule has 1 aromatic heterocycles. The van der Waals surface area contributed by atoms with Crippen molar-refractivity contribution < 1.29 is 9.84 Å². The van der Waals surface area contributed by atoms with Crippen LogP contribution in [0.5, 0.6) is 0 Å². The van der Waals surface area contributed by atoms with Crippen molar-refractivity contribution in [2.75, 3.05) is 13.2 Å². The minimum atomic E-state index is -0.648. The predicted octanol–water partition coefficient (Wildman–Crippen LogP) is 1.16. The first-order valence-electron chi connectivity index (χ1n) is 5.67. The molecule has 0 amide bonds. The normalized spacial score (nSPS) is 28.6. The van der Waals surface area contributed by atoms with Crippen LogP contribution in [0.3, 0.4) is 0 Å². The third kappa shape index (κ3) is 1.45. The van der Waals surface area contributed by atoms with Crippen molar-refractivity contribution in [2.45, 2.75) is 31.0 Å². The zero-order valence-electron chi connectivity index (χ0n) is 9.83. The molecule has 0 bridgehead atoms. The van der Waals surface area contributed by atoms with Gasteiger partial charge in [0.15, 0.2) is 0 Å². The molecule has 3 rings (SSSR count). The van der Waals surface area contributed by atoms with Gasteiger partial charge in [0.2, 0.25) is 0 Å². The lowest BCUT2D eigenvalue weighted by Crippen LogP contribution is -2.67. The van der Waals surface area contributed by atoms with Crippen molar-refractivity contribution in [3.63, 3.8) is 0 Å². The molecule has 1 unspecified atom stereocenters. The fourth-order valence-electron chi connectivity index (χ4n) is 2.51. The molecule has 1 aromatic rings. The van der Waals surface area contributed by atoms with E-state index < -0.39 is 11.6 Å². The highest BCUT2D eigenvalue weighted by Crippen LogP contribution is 2.43. The summed E-state index contributed by atoms with van der Waals surface area (Å²) in [6.45, 7) is 5.05. The van der Waals surface area contributed by atoms with E-state index in [0.717, 1.165) is 11.3 Å². The summed E-state index contributed by atoms with van der Waals surface area (Å²) < 4.78 is 5.28. The van der Waals surface area contributed by atoms with E-state index in [1.165, 1.54) is 0 Å². The molecule has 1 fully saturated rings. The van der Waals surface area contributed by atoms with E-state index in [9.17, 15) is 5.11 Å². The molecule has 3 heterocycles. The van der Waals surface area contributed by atoms with Crippen molar-refractivity contribution in [3.05, 3.63) is 28.5 Å². The second-order valence-corrected chi connectivity index (χ2v) is 5.76. The second-order valence-electron chi connectivity index (χ2n) is 5.37. The summed E-state index contributed by atoms with van der Waals surface area (Å²) in [5, 5.41) is 13.9. The summed E-state index contributed by atoms with van der Waals surface area (Å²) in [6, 6.07) is 3.77. The maximum atomic E-state index is 10.2. The molecule has 1 spiro atoms. The number of aromatic nitrogens is 1. The van der Waals surface area contributed by atoms with Gasteiger partial charge < -0.3 is 9.84 Å². The molecule has 0 radical (unpaired) electrons. The fraction of sp³-hybridized carbons (Fsp3) is 0.583. The van der Waals surface area contributed by atoms with Crippen LogP contribution in [0.1, 0.15) is 25.1 Å². The van der Waals surface area contributed by atoms with Gasteiger partial charge in [0.25, 0.3) is 0 Å².